The van der Waals surface area contributed by atoms with Gasteiger partial charge in [0, 0.05) is 5.02 Å². The maximum Gasteiger partial charge on any atom is 0.232 e. The molecular weight excluding hydrogens is 226 g/mol. The fourth-order valence-corrected chi connectivity index (χ4v) is 1.56. The Morgan fingerprint density at radius 2 is 2.25 bits per heavy atom. The molecule has 0 aliphatic heterocycles. The quantitative estimate of drug-likeness (QED) is 0.890. The van der Waals surface area contributed by atoms with Crippen LogP contribution in [0.3, 0.4) is 0 Å². The average Bonchev–Trinajstić information content (AvgIpc) is 2.66. The van der Waals surface area contributed by atoms with Crippen LogP contribution < -0.4 is 5.73 Å². The highest BCUT2D eigenvalue weighted by molar-refractivity contribution is 6.30. The van der Waals surface area contributed by atoms with E-state index in [1.165, 1.54) is 0 Å². The highest BCUT2D eigenvalue weighted by atomic mass is 35.5. The summed E-state index contributed by atoms with van der Waals surface area (Å²) in [5, 5.41) is 8.48. The average molecular weight is 238 g/mol. The zero-order valence-corrected chi connectivity index (χ0v) is 9.61. The largest absolute Gasteiger partial charge is 0.423 e. The van der Waals surface area contributed by atoms with Crippen molar-refractivity contribution in [2.24, 2.45) is 5.73 Å². The number of nitrogens with zero attached hydrogens (tertiary/aromatic N) is 2. The fourth-order valence-electron chi connectivity index (χ4n) is 1.34. The summed E-state index contributed by atoms with van der Waals surface area (Å²) < 4.78 is 5.40. The molecule has 5 heteroatoms. The molecule has 0 bridgehead atoms. The fraction of sp³-hybridized carbons (Fsp3) is 0.273. The van der Waals surface area contributed by atoms with Crippen molar-refractivity contribution >= 4 is 11.6 Å². The van der Waals surface area contributed by atoms with Crippen LogP contribution in [0.4, 0.5) is 0 Å². The highest BCUT2D eigenvalue weighted by Gasteiger charge is 2.10. The lowest BCUT2D eigenvalue weighted by Crippen LogP contribution is -2.04. The van der Waals surface area contributed by atoms with E-state index in [9.17, 15) is 0 Å². The van der Waals surface area contributed by atoms with Gasteiger partial charge < -0.3 is 10.2 Å². The molecule has 0 saturated heterocycles. The predicted molar refractivity (Wildman–Crippen MR) is 61.2 cm³/mol. The van der Waals surface area contributed by atoms with Crippen LogP contribution in [-0.4, -0.2) is 10.2 Å². The molecule has 1 atom stereocenters. The van der Waals surface area contributed by atoms with Crippen LogP contribution in [0.5, 0.6) is 0 Å². The van der Waals surface area contributed by atoms with Crippen molar-refractivity contribution in [3.63, 3.8) is 0 Å². The van der Waals surface area contributed by atoms with Gasteiger partial charge in [-0.1, -0.05) is 23.7 Å². The van der Waals surface area contributed by atoms with Gasteiger partial charge in [-0.2, -0.15) is 0 Å². The first-order valence-corrected chi connectivity index (χ1v) is 5.35. The van der Waals surface area contributed by atoms with Gasteiger partial charge in [0.1, 0.15) is 0 Å². The number of halogens is 1. The van der Waals surface area contributed by atoms with Crippen LogP contribution in [0, 0.1) is 0 Å². The second kappa shape index (κ2) is 4.63. The first-order valence-electron chi connectivity index (χ1n) is 4.97. The molecule has 16 heavy (non-hydrogen) atoms. The summed E-state index contributed by atoms with van der Waals surface area (Å²) in [5.74, 6) is 1.01. The van der Waals surface area contributed by atoms with E-state index in [4.69, 9.17) is 21.8 Å². The second-order valence-corrected chi connectivity index (χ2v) is 4.07. The van der Waals surface area contributed by atoms with Crippen LogP contribution in [0.2, 0.25) is 5.02 Å². The summed E-state index contributed by atoms with van der Waals surface area (Å²) in [4.78, 5) is 0. The lowest BCUT2D eigenvalue weighted by molar-refractivity contribution is 0.433. The van der Waals surface area contributed by atoms with Crippen molar-refractivity contribution < 1.29 is 4.42 Å². The molecule has 4 nitrogen and oxygen atoms in total. The van der Waals surface area contributed by atoms with Gasteiger partial charge in [0.25, 0.3) is 0 Å². The summed E-state index contributed by atoms with van der Waals surface area (Å²) in [7, 11) is 0. The standard InChI is InChI=1S/C11H12ClN3O/c1-7(13)11-15-14-10(16-11)6-8-3-2-4-9(12)5-8/h2-5,7H,6,13H2,1H3. The maximum absolute atomic E-state index is 5.88. The normalized spacial score (nSPS) is 12.7. The zero-order valence-electron chi connectivity index (χ0n) is 8.85. The van der Waals surface area contributed by atoms with Crippen LogP contribution in [0.1, 0.15) is 30.3 Å². The summed E-state index contributed by atoms with van der Waals surface area (Å²) in [6.07, 6.45) is 0.570. The van der Waals surface area contributed by atoms with E-state index in [2.05, 4.69) is 10.2 Å². The minimum absolute atomic E-state index is 0.236. The molecule has 0 aliphatic rings. The van der Waals surface area contributed by atoms with Gasteiger partial charge in [0.05, 0.1) is 12.5 Å². The Kier molecular flexibility index (Phi) is 3.22. The van der Waals surface area contributed by atoms with Gasteiger partial charge in [-0.25, -0.2) is 0 Å². The summed E-state index contributed by atoms with van der Waals surface area (Å²) in [6.45, 7) is 1.80. The highest BCUT2D eigenvalue weighted by Crippen LogP contribution is 2.15. The molecule has 0 radical (unpaired) electrons. The number of hydrogen-bond donors (Lipinski definition) is 1. The van der Waals surface area contributed by atoms with Crippen LogP contribution >= 0.6 is 11.6 Å². The monoisotopic (exact) mass is 237 g/mol. The molecule has 0 saturated carbocycles. The molecule has 0 spiro atoms. The molecule has 1 heterocycles. The van der Waals surface area contributed by atoms with E-state index in [1.807, 2.05) is 24.3 Å². The number of hydrogen-bond acceptors (Lipinski definition) is 4. The van der Waals surface area contributed by atoms with E-state index in [-0.39, 0.29) is 6.04 Å². The molecule has 2 rings (SSSR count). The third-order valence-corrected chi connectivity index (χ3v) is 2.35. The zero-order chi connectivity index (χ0) is 11.5. The Labute approximate surface area is 98.4 Å². The van der Waals surface area contributed by atoms with E-state index in [1.54, 1.807) is 6.92 Å². The van der Waals surface area contributed by atoms with Crippen molar-refractivity contribution in [2.75, 3.05) is 0 Å². The molecular formula is C11H12ClN3O. The number of benzene rings is 1. The van der Waals surface area contributed by atoms with Crippen molar-refractivity contribution in [1.29, 1.82) is 0 Å². The lowest BCUT2D eigenvalue weighted by atomic mass is 10.1. The Morgan fingerprint density at radius 1 is 1.44 bits per heavy atom. The molecule has 1 aromatic carbocycles. The molecule has 2 N–H and O–H groups in total. The van der Waals surface area contributed by atoms with Crippen molar-refractivity contribution in [3.05, 3.63) is 46.6 Å². The van der Waals surface area contributed by atoms with Crippen molar-refractivity contribution in [3.8, 4) is 0 Å². The molecule has 1 aromatic heterocycles. The minimum Gasteiger partial charge on any atom is -0.423 e. The molecule has 0 aliphatic carbocycles. The molecule has 0 fully saturated rings. The van der Waals surface area contributed by atoms with E-state index >= 15 is 0 Å². The first kappa shape index (κ1) is 11.1. The van der Waals surface area contributed by atoms with E-state index in [0.29, 0.717) is 23.2 Å². The lowest BCUT2D eigenvalue weighted by Gasteiger charge is -1.98. The Hall–Kier alpha value is -1.39. The third kappa shape index (κ3) is 2.59. The van der Waals surface area contributed by atoms with Gasteiger partial charge in [0.2, 0.25) is 11.8 Å². The van der Waals surface area contributed by atoms with Gasteiger partial charge in [0.15, 0.2) is 0 Å². The van der Waals surface area contributed by atoms with Gasteiger partial charge in [-0.3, -0.25) is 0 Å². The van der Waals surface area contributed by atoms with E-state index < -0.39 is 0 Å². The van der Waals surface area contributed by atoms with Crippen LogP contribution in [-0.2, 0) is 6.42 Å². The number of rotatable bonds is 3. The summed E-state index contributed by atoms with van der Waals surface area (Å²) >= 11 is 5.88. The molecule has 0 amide bonds. The summed E-state index contributed by atoms with van der Waals surface area (Å²) in [6, 6.07) is 7.31. The second-order valence-electron chi connectivity index (χ2n) is 3.63. The first-order chi connectivity index (χ1) is 7.65. The SMILES string of the molecule is CC(N)c1nnc(Cc2cccc(Cl)c2)o1. The Morgan fingerprint density at radius 3 is 2.88 bits per heavy atom. The number of nitrogens with two attached hydrogens (primary N) is 1. The van der Waals surface area contributed by atoms with Gasteiger partial charge >= 0.3 is 0 Å². The van der Waals surface area contributed by atoms with Crippen molar-refractivity contribution in [1.82, 2.24) is 10.2 Å². The van der Waals surface area contributed by atoms with Crippen molar-refractivity contribution in [2.45, 2.75) is 19.4 Å². The van der Waals surface area contributed by atoms with E-state index in [0.717, 1.165) is 5.56 Å². The molecule has 1 unspecified atom stereocenters. The van der Waals surface area contributed by atoms with Gasteiger partial charge in [-0.15, -0.1) is 10.2 Å². The Balaban J connectivity index is 2.14. The topological polar surface area (TPSA) is 64.9 Å². The summed E-state index contributed by atoms with van der Waals surface area (Å²) in [5.41, 5.74) is 6.66. The minimum atomic E-state index is -0.236. The Bertz CT molecular complexity index is 482. The molecule has 84 valence electrons. The van der Waals surface area contributed by atoms with Crippen LogP contribution in [0.15, 0.2) is 28.7 Å². The van der Waals surface area contributed by atoms with Gasteiger partial charge in [-0.05, 0) is 24.6 Å². The maximum atomic E-state index is 5.88. The predicted octanol–water partition coefficient (Wildman–Crippen LogP) is 2.33. The van der Waals surface area contributed by atoms with Crippen LogP contribution in [0.25, 0.3) is 0 Å². The number of aromatic nitrogens is 2. The molecule has 2 aromatic rings. The third-order valence-electron chi connectivity index (χ3n) is 2.12. The smallest absolute Gasteiger partial charge is 0.232 e.